The van der Waals surface area contributed by atoms with Gasteiger partial charge < -0.3 is 0 Å². The van der Waals surface area contributed by atoms with Gasteiger partial charge in [0.05, 0.1) is 14.9 Å². The molecule has 1 heterocycles. The van der Waals surface area contributed by atoms with Crippen molar-refractivity contribution in [3.63, 3.8) is 0 Å². The van der Waals surface area contributed by atoms with E-state index in [4.69, 9.17) is 63.3 Å². The van der Waals surface area contributed by atoms with Gasteiger partial charge in [0.2, 0.25) is 0 Å². The largest absolute Gasteiger partial charge is 0.309 e. The fourth-order valence-electron chi connectivity index (χ4n) is 1.50. The standard InChI is InChI=1S/C11H3Cl5FN3S/c12-5-1-6(13)10(7(14)2-5)20-4-9(8(3-18)19-20)21-11(15,16)17/h1-2,4H. The lowest BCUT2D eigenvalue weighted by molar-refractivity contribution is 0.516. The second-order valence-electron chi connectivity index (χ2n) is 3.66. The molecule has 1 aromatic heterocycles. The number of rotatable bonds is 3. The number of alkyl halides is 3. The zero-order valence-electron chi connectivity index (χ0n) is 9.75. The maximum atomic E-state index is 13.3. The summed E-state index contributed by atoms with van der Waals surface area (Å²) < 4.78 is 11.9. The smallest absolute Gasteiger partial charge is 0.235 e. The predicted octanol–water partition coefficient (Wildman–Crippen LogP) is 5.85. The molecule has 10 heteroatoms. The van der Waals surface area contributed by atoms with Gasteiger partial charge in [-0.2, -0.15) is 14.8 Å². The molecular formula is C11H3Cl5FN3S. The molecule has 0 radical (unpaired) electrons. The SMILES string of the molecule is N#Cc1nn(-c2c(Cl)cc(Cl)cc2Cl)cc1SC(F)(Cl)Cl. The summed E-state index contributed by atoms with van der Waals surface area (Å²) in [4.78, 5) is 0.145. The van der Waals surface area contributed by atoms with Crippen LogP contribution in [0.25, 0.3) is 5.69 Å². The van der Waals surface area contributed by atoms with E-state index in [-0.39, 0.29) is 20.6 Å². The first kappa shape index (κ1) is 17.0. The quantitative estimate of drug-likeness (QED) is 0.475. The van der Waals surface area contributed by atoms with Crippen molar-refractivity contribution in [2.24, 2.45) is 0 Å². The van der Waals surface area contributed by atoms with Crippen LogP contribution in [0.2, 0.25) is 15.1 Å². The molecule has 0 aliphatic rings. The Kier molecular flexibility index (Phi) is 5.19. The Labute approximate surface area is 148 Å². The molecule has 0 unspecified atom stereocenters. The van der Waals surface area contributed by atoms with Crippen LogP contribution in [-0.2, 0) is 0 Å². The number of hydrogen-bond acceptors (Lipinski definition) is 3. The van der Waals surface area contributed by atoms with Crippen LogP contribution in [0.15, 0.2) is 23.2 Å². The average Bonchev–Trinajstić information content (AvgIpc) is 2.67. The number of hydrogen-bond donors (Lipinski definition) is 0. The third kappa shape index (κ3) is 4.10. The third-order valence-corrected chi connectivity index (χ3v) is 4.23. The van der Waals surface area contributed by atoms with Gasteiger partial charge in [0, 0.05) is 11.2 Å². The van der Waals surface area contributed by atoms with Crippen molar-refractivity contribution >= 4 is 69.8 Å². The molecule has 3 nitrogen and oxygen atoms in total. The molecule has 0 amide bonds. The van der Waals surface area contributed by atoms with E-state index in [1.165, 1.54) is 23.0 Å². The first-order valence-electron chi connectivity index (χ1n) is 5.11. The monoisotopic (exact) mass is 403 g/mol. The first-order valence-corrected chi connectivity index (χ1v) is 7.82. The minimum Gasteiger partial charge on any atom is -0.235 e. The molecule has 0 spiro atoms. The lowest BCUT2D eigenvalue weighted by Crippen LogP contribution is -1.97. The Morgan fingerprint density at radius 2 is 1.81 bits per heavy atom. The average molecular weight is 405 g/mol. The maximum absolute atomic E-state index is 13.3. The number of nitriles is 1. The van der Waals surface area contributed by atoms with Gasteiger partial charge in [-0.3, -0.25) is 0 Å². The summed E-state index contributed by atoms with van der Waals surface area (Å²) in [6.45, 7) is 0. The van der Waals surface area contributed by atoms with E-state index < -0.39 is 3.92 Å². The van der Waals surface area contributed by atoms with Crippen molar-refractivity contribution in [2.75, 3.05) is 0 Å². The van der Waals surface area contributed by atoms with Gasteiger partial charge in [-0.25, -0.2) is 4.68 Å². The molecule has 2 rings (SSSR count). The van der Waals surface area contributed by atoms with Crippen molar-refractivity contribution < 1.29 is 4.39 Å². The molecule has 0 saturated heterocycles. The van der Waals surface area contributed by atoms with Crippen LogP contribution >= 0.6 is 69.8 Å². The van der Waals surface area contributed by atoms with Crippen molar-refractivity contribution in [2.45, 2.75) is 8.81 Å². The second kappa shape index (κ2) is 6.41. The summed E-state index contributed by atoms with van der Waals surface area (Å²) in [5.74, 6) is 0. The molecule has 2 aromatic rings. The van der Waals surface area contributed by atoms with Crippen LogP contribution in [-0.4, -0.2) is 13.7 Å². The Hall–Kier alpha value is -0.350. The zero-order valence-corrected chi connectivity index (χ0v) is 14.3. The highest BCUT2D eigenvalue weighted by molar-refractivity contribution is 8.03. The lowest BCUT2D eigenvalue weighted by atomic mass is 10.3. The number of thioether (sulfide) groups is 1. The molecule has 110 valence electrons. The summed E-state index contributed by atoms with van der Waals surface area (Å²) in [5, 5.41) is 13.8. The number of halogens is 6. The van der Waals surface area contributed by atoms with Crippen LogP contribution in [0.3, 0.4) is 0 Å². The van der Waals surface area contributed by atoms with Gasteiger partial charge in [0.15, 0.2) is 5.69 Å². The summed E-state index contributed by atoms with van der Waals surface area (Å²) in [7, 11) is 0. The number of nitrogens with zero attached hydrogens (tertiary/aromatic N) is 3. The summed E-state index contributed by atoms with van der Waals surface area (Å²) in [5.41, 5.74) is 0.241. The molecule has 0 atom stereocenters. The van der Waals surface area contributed by atoms with E-state index in [0.29, 0.717) is 22.5 Å². The van der Waals surface area contributed by atoms with Gasteiger partial charge >= 0.3 is 3.92 Å². The number of benzene rings is 1. The molecule has 21 heavy (non-hydrogen) atoms. The molecule has 1 aromatic carbocycles. The summed E-state index contributed by atoms with van der Waals surface area (Å²) in [6, 6.07) is 4.74. The molecule has 0 bridgehead atoms. The Balaban J connectivity index is 2.55. The topological polar surface area (TPSA) is 41.6 Å². The van der Waals surface area contributed by atoms with Crippen molar-refractivity contribution in [3.05, 3.63) is 39.1 Å². The highest BCUT2D eigenvalue weighted by Gasteiger charge is 2.27. The fourth-order valence-corrected chi connectivity index (χ4v) is 3.58. The van der Waals surface area contributed by atoms with Crippen LogP contribution in [0.4, 0.5) is 4.39 Å². The lowest BCUT2D eigenvalue weighted by Gasteiger charge is -2.07. The van der Waals surface area contributed by atoms with Crippen molar-refractivity contribution in [3.8, 4) is 11.8 Å². The Bertz CT molecular complexity index is 711. The summed E-state index contributed by atoms with van der Waals surface area (Å²) >= 11 is 28.9. The van der Waals surface area contributed by atoms with E-state index in [9.17, 15) is 4.39 Å². The highest BCUT2D eigenvalue weighted by Crippen LogP contribution is 2.43. The minimum absolute atomic E-state index is 0.0644. The van der Waals surface area contributed by atoms with E-state index >= 15 is 0 Å². The first-order chi connectivity index (χ1) is 9.71. The Morgan fingerprint density at radius 1 is 1.24 bits per heavy atom. The minimum atomic E-state index is -2.59. The van der Waals surface area contributed by atoms with E-state index in [2.05, 4.69) is 5.10 Å². The maximum Gasteiger partial charge on any atom is 0.309 e. The van der Waals surface area contributed by atoms with Crippen molar-refractivity contribution in [1.29, 1.82) is 5.26 Å². The molecular weight excluding hydrogens is 402 g/mol. The number of aromatic nitrogens is 2. The van der Waals surface area contributed by atoms with Gasteiger partial charge in [-0.15, -0.1) is 0 Å². The van der Waals surface area contributed by atoms with Gasteiger partial charge in [0.1, 0.15) is 11.8 Å². The van der Waals surface area contributed by atoms with Crippen LogP contribution in [0.5, 0.6) is 0 Å². The van der Waals surface area contributed by atoms with E-state index in [1.807, 2.05) is 6.07 Å². The van der Waals surface area contributed by atoms with E-state index in [0.717, 1.165) is 0 Å². The third-order valence-electron chi connectivity index (χ3n) is 2.22. The van der Waals surface area contributed by atoms with Crippen LogP contribution in [0.1, 0.15) is 5.69 Å². The molecule has 0 aliphatic heterocycles. The predicted molar refractivity (Wildman–Crippen MR) is 84.7 cm³/mol. The van der Waals surface area contributed by atoms with Crippen LogP contribution < -0.4 is 0 Å². The summed E-state index contributed by atoms with van der Waals surface area (Å²) in [6.07, 6.45) is 1.35. The molecule has 0 N–H and O–H groups in total. The normalized spacial score (nSPS) is 11.5. The highest BCUT2D eigenvalue weighted by atomic mass is 35.5. The fraction of sp³-hybridized carbons (Fsp3) is 0.0909. The molecule has 0 saturated carbocycles. The van der Waals surface area contributed by atoms with Gasteiger partial charge in [-0.1, -0.05) is 58.0 Å². The van der Waals surface area contributed by atoms with Crippen LogP contribution in [0, 0.1) is 11.3 Å². The molecule has 0 aliphatic carbocycles. The Morgan fingerprint density at radius 3 is 2.29 bits per heavy atom. The second-order valence-corrected chi connectivity index (χ2v) is 7.80. The molecule has 0 fully saturated rings. The van der Waals surface area contributed by atoms with Gasteiger partial charge in [-0.05, 0) is 23.9 Å². The van der Waals surface area contributed by atoms with Crippen molar-refractivity contribution in [1.82, 2.24) is 9.78 Å². The zero-order chi connectivity index (χ0) is 15.8. The van der Waals surface area contributed by atoms with Gasteiger partial charge in [0.25, 0.3) is 0 Å². The van der Waals surface area contributed by atoms with E-state index in [1.54, 1.807) is 0 Å².